The lowest BCUT2D eigenvalue weighted by Gasteiger charge is -2.05. The van der Waals surface area contributed by atoms with Crippen LogP contribution in [0.1, 0.15) is 26.6 Å². The number of fused-ring (bicyclic) bond motifs is 1. The molecule has 0 aliphatic carbocycles. The van der Waals surface area contributed by atoms with E-state index in [2.05, 4.69) is 10.3 Å². The summed E-state index contributed by atoms with van der Waals surface area (Å²) in [5.41, 5.74) is 0.776. The van der Waals surface area contributed by atoms with Crippen LogP contribution in [-0.4, -0.2) is 22.0 Å². The molecule has 142 valence electrons. The number of carboxylic acid groups (broad SMARTS) is 1. The van der Waals surface area contributed by atoms with Gasteiger partial charge in [0.15, 0.2) is 5.58 Å². The number of benzene rings is 2. The number of rotatable bonds is 4. The number of nitrogens with one attached hydrogen (secondary N) is 1. The van der Waals surface area contributed by atoms with Crippen molar-refractivity contribution in [2.75, 3.05) is 5.32 Å². The van der Waals surface area contributed by atoms with E-state index in [1.807, 2.05) is 6.07 Å². The second kappa shape index (κ2) is 7.18. The molecule has 2 heterocycles. The fourth-order valence-electron chi connectivity index (χ4n) is 2.77. The summed E-state index contributed by atoms with van der Waals surface area (Å²) in [6.07, 6.45) is 0. The number of carbonyl (C=O) groups is 2. The molecule has 7 nitrogen and oxygen atoms in total. The highest BCUT2D eigenvalue weighted by atomic mass is 32.1. The second-order valence-electron chi connectivity index (χ2n) is 5.91. The number of hydrogen-bond acceptors (Lipinski definition) is 6. The zero-order chi connectivity index (χ0) is 20.5. The summed E-state index contributed by atoms with van der Waals surface area (Å²) in [6.45, 7) is 0. The van der Waals surface area contributed by atoms with E-state index < -0.39 is 17.7 Å². The highest BCUT2D eigenvalue weighted by Crippen LogP contribution is 2.37. The smallest absolute Gasteiger partial charge is 0.339 e. The number of aromatic carboxylic acids is 1. The summed E-state index contributed by atoms with van der Waals surface area (Å²) in [6, 6.07) is 12.4. The van der Waals surface area contributed by atoms with Gasteiger partial charge in [-0.1, -0.05) is 12.1 Å². The Morgan fingerprint density at radius 3 is 2.72 bits per heavy atom. The summed E-state index contributed by atoms with van der Waals surface area (Å²) < 4.78 is 19.8. The molecule has 0 saturated carbocycles. The lowest BCUT2D eigenvalue weighted by Crippen LogP contribution is -2.14. The Hall–Kier alpha value is -4.03. The zero-order valence-corrected chi connectivity index (χ0v) is 15.3. The molecule has 0 spiro atoms. The van der Waals surface area contributed by atoms with Crippen molar-refractivity contribution in [3.63, 3.8) is 0 Å². The molecule has 29 heavy (non-hydrogen) atoms. The van der Waals surface area contributed by atoms with Gasteiger partial charge in [-0.15, -0.1) is 11.3 Å². The molecule has 0 aliphatic heterocycles. The fraction of sp³-hybridized carbons (Fsp3) is 0. The summed E-state index contributed by atoms with van der Waals surface area (Å²) >= 11 is 0.958. The minimum absolute atomic E-state index is 0.00600. The van der Waals surface area contributed by atoms with Gasteiger partial charge >= 0.3 is 11.9 Å². The molecular weight excluding hydrogens is 397 g/mol. The fourth-order valence-corrected chi connectivity index (χ4v) is 3.79. The molecule has 0 bridgehead atoms. The monoisotopic (exact) mass is 407 g/mol. The minimum Gasteiger partial charge on any atom is -0.478 e. The van der Waals surface area contributed by atoms with Crippen LogP contribution in [0.4, 0.5) is 10.1 Å². The first-order chi connectivity index (χ1) is 14.0. The van der Waals surface area contributed by atoms with Gasteiger partial charge in [-0.05, 0) is 30.3 Å². The van der Waals surface area contributed by atoms with Gasteiger partial charge in [-0.2, -0.15) is 5.26 Å². The van der Waals surface area contributed by atoms with Crippen LogP contribution in [0.2, 0.25) is 0 Å². The maximum absolute atomic E-state index is 14.4. The quantitative estimate of drug-likeness (QED) is 0.514. The van der Waals surface area contributed by atoms with Crippen molar-refractivity contribution in [1.82, 2.24) is 4.98 Å². The number of anilines is 1. The van der Waals surface area contributed by atoms with Gasteiger partial charge in [0.2, 0.25) is 0 Å². The first-order valence-electron chi connectivity index (χ1n) is 8.19. The first kappa shape index (κ1) is 18.3. The second-order valence-corrected chi connectivity index (χ2v) is 6.79. The van der Waals surface area contributed by atoms with Crippen molar-refractivity contribution in [2.45, 2.75) is 0 Å². The highest BCUT2D eigenvalue weighted by molar-refractivity contribution is 7.14. The van der Waals surface area contributed by atoms with Crippen LogP contribution in [0.3, 0.4) is 0 Å². The first-order valence-corrected chi connectivity index (χ1v) is 9.07. The number of thiophene rings is 1. The predicted molar refractivity (Wildman–Crippen MR) is 103 cm³/mol. The van der Waals surface area contributed by atoms with Crippen molar-refractivity contribution in [1.29, 1.82) is 5.26 Å². The Morgan fingerprint density at radius 2 is 2.03 bits per heavy atom. The molecule has 0 atom stereocenters. The third-order valence-corrected chi connectivity index (χ3v) is 5.10. The lowest BCUT2D eigenvalue weighted by atomic mass is 10.1. The summed E-state index contributed by atoms with van der Waals surface area (Å²) in [5.74, 6) is -3.02. The SMILES string of the molecule is N#Cc1ccc(-c2scc(NC(=O)c3nc4ccccc4o3)c2C(=O)O)c(F)c1. The normalized spacial score (nSPS) is 10.6. The Morgan fingerprint density at radius 1 is 1.24 bits per heavy atom. The molecule has 0 saturated heterocycles. The van der Waals surface area contributed by atoms with Crippen molar-refractivity contribution >= 4 is 40.0 Å². The Labute approximate surface area is 166 Å². The maximum atomic E-state index is 14.4. The Kier molecular flexibility index (Phi) is 4.54. The molecule has 0 radical (unpaired) electrons. The number of hydrogen-bond donors (Lipinski definition) is 2. The molecule has 4 aromatic rings. The molecule has 9 heteroatoms. The van der Waals surface area contributed by atoms with Gasteiger partial charge in [-0.3, -0.25) is 4.79 Å². The summed E-state index contributed by atoms with van der Waals surface area (Å²) in [4.78, 5) is 28.5. The molecule has 2 aromatic heterocycles. The van der Waals surface area contributed by atoms with Crippen LogP contribution in [0.25, 0.3) is 21.5 Å². The van der Waals surface area contributed by atoms with Crippen LogP contribution < -0.4 is 5.32 Å². The van der Waals surface area contributed by atoms with Gasteiger partial charge in [0.25, 0.3) is 5.89 Å². The molecule has 0 aliphatic rings. The van der Waals surface area contributed by atoms with Crippen LogP contribution in [0.5, 0.6) is 0 Å². The average Bonchev–Trinajstić information content (AvgIpc) is 3.32. The number of para-hydroxylation sites is 2. The Balaban J connectivity index is 1.71. The van der Waals surface area contributed by atoms with E-state index in [4.69, 9.17) is 9.68 Å². The van der Waals surface area contributed by atoms with E-state index in [1.165, 1.54) is 17.5 Å². The van der Waals surface area contributed by atoms with Gasteiger partial charge in [-0.25, -0.2) is 14.2 Å². The van der Waals surface area contributed by atoms with Gasteiger partial charge < -0.3 is 14.8 Å². The van der Waals surface area contributed by atoms with E-state index in [0.717, 1.165) is 17.4 Å². The topological polar surface area (TPSA) is 116 Å². The van der Waals surface area contributed by atoms with E-state index in [9.17, 15) is 19.1 Å². The average molecular weight is 407 g/mol. The predicted octanol–water partition coefficient (Wildman–Crippen LogP) is 4.52. The number of halogens is 1. The van der Waals surface area contributed by atoms with Gasteiger partial charge in [0.05, 0.1) is 22.2 Å². The molecule has 2 aromatic carbocycles. The number of aromatic nitrogens is 1. The van der Waals surface area contributed by atoms with Crippen LogP contribution in [-0.2, 0) is 0 Å². The molecule has 1 amide bonds. The van der Waals surface area contributed by atoms with E-state index in [0.29, 0.717) is 11.1 Å². The maximum Gasteiger partial charge on any atom is 0.339 e. The minimum atomic E-state index is -1.34. The third-order valence-electron chi connectivity index (χ3n) is 4.08. The van der Waals surface area contributed by atoms with Crippen LogP contribution in [0, 0.1) is 17.1 Å². The van der Waals surface area contributed by atoms with Crippen LogP contribution >= 0.6 is 11.3 Å². The standard InChI is InChI=1S/C20H10FN3O4S/c21-12-7-10(8-22)5-6-11(12)17-16(20(26)27)14(9-29-17)23-18(25)19-24-13-3-1-2-4-15(13)28-19/h1-7,9H,(H,23,25)(H,26,27). The van der Waals surface area contributed by atoms with E-state index in [-0.39, 0.29) is 33.1 Å². The van der Waals surface area contributed by atoms with Crippen molar-refractivity contribution in [3.05, 3.63) is 70.7 Å². The van der Waals surface area contributed by atoms with Crippen molar-refractivity contribution in [2.24, 2.45) is 0 Å². The molecule has 0 unspecified atom stereocenters. The third kappa shape index (κ3) is 3.33. The Bertz CT molecular complexity index is 1290. The number of nitriles is 1. The number of carboxylic acids is 1. The number of amides is 1. The molecule has 0 fully saturated rings. The lowest BCUT2D eigenvalue weighted by molar-refractivity contribution is 0.0699. The molecular formula is C20H10FN3O4S. The van der Waals surface area contributed by atoms with Gasteiger partial charge in [0.1, 0.15) is 16.9 Å². The zero-order valence-electron chi connectivity index (χ0n) is 14.5. The molecule has 4 rings (SSSR count). The number of oxazole rings is 1. The van der Waals surface area contributed by atoms with Gasteiger partial charge in [0, 0.05) is 10.9 Å². The summed E-state index contributed by atoms with van der Waals surface area (Å²) in [7, 11) is 0. The number of carbonyl (C=O) groups excluding carboxylic acids is 1. The summed E-state index contributed by atoms with van der Waals surface area (Å²) in [5, 5.41) is 22.3. The highest BCUT2D eigenvalue weighted by Gasteiger charge is 2.24. The molecule has 2 N–H and O–H groups in total. The van der Waals surface area contributed by atoms with E-state index in [1.54, 1.807) is 24.3 Å². The van der Waals surface area contributed by atoms with Crippen molar-refractivity contribution < 1.29 is 23.5 Å². The van der Waals surface area contributed by atoms with Crippen molar-refractivity contribution in [3.8, 4) is 16.5 Å². The van der Waals surface area contributed by atoms with Crippen LogP contribution in [0.15, 0.2) is 52.3 Å². The largest absolute Gasteiger partial charge is 0.478 e. The van der Waals surface area contributed by atoms with E-state index >= 15 is 0 Å². The number of nitrogens with zero attached hydrogens (tertiary/aromatic N) is 2.